The lowest BCUT2D eigenvalue weighted by Gasteiger charge is -2.19. The lowest BCUT2D eigenvalue weighted by Crippen LogP contribution is -2.19. The molecule has 0 aliphatic carbocycles. The highest BCUT2D eigenvalue weighted by molar-refractivity contribution is 5.59. The van der Waals surface area contributed by atoms with Crippen molar-refractivity contribution in [1.82, 2.24) is 0 Å². The highest BCUT2D eigenvalue weighted by atomic mass is 19.1. The summed E-state index contributed by atoms with van der Waals surface area (Å²) in [4.78, 5) is 2.05. The van der Waals surface area contributed by atoms with Crippen molar-refractivity contribution in [3.8, 4) is 0 Å². The first kappa shape index (κ1) is 10.2. The van der Waals surface area contributed by atoms with Crippen LogP contribution in [0.3, 0.4) is 0 Å². The minimum atomic E-state index is -0.244. The monoisotopic (exact) mass is 209 g/mol. The molecule has 1 saturated heterocycles. The summed E-state index contributed by atoms with van der Waals surface area (Å²) in [6.45, 7) is 2.20. The van der Waals surface area contributed by atoms with E-state index in [1.54, 1.807) is 6.07 Å². The van der Waals surface area contributed by atoms with Crippen molar-refractivity contribution in [3.63, 3.8) is 0 Å². The van der Waals surface area contributed by atoms with Crippen LogP contribution >= 0.6 is 0 Å². The number of anilines is 2. The maximum atomic E-state index is 13.7. The Balaban J connectivity index is 2.37. The van der Waals surface area contributed by atoms with E-state index in [-0.39, 0.29) is 5.82 Å². The number of hydrogen-bond donors (Lipinski definition) is 2. The summed E-state index contributed by atoms with van der Waals surface area (Å²) in [5.74, 6) is -0.244. The Morgan fingerprint density at radius 3 is 2.53 bits per heavy atom. The number of hydrogen-bond acceptors (Lipinski definition) is 3. The maximum absolute atomic E-state index is 13.7. The molecule has 1 fully saturated rings. The van der Waals surface area contributed by atoms with Crippen molar-refractivity contribution in [2.45, 2.75) is 19.4 Å². The SMILES string of the molecule is NCc1cc(N2CCCC2)c(F)cc1N. The molecule has 1 heterocycles. The van der Waals surface area contributed by atoms with Crippen LogP contribution in [0.25, 0.3) is 0 Å². The van der Waals surface area contributed by atoms with E-state index in [1.165, 1.54) is 6.07 Å². The molecule has 1 aromatic carbocycles. The van der Waals surface area contributed by atoms with Gasteiger partial charge in [0, 0.05) is 25.3 Å². The lowest BCUT2D eigenvalue weighted by atomic mass is 10.1. The van der Waals surface area contributed by atoms with Crippen LogP contribution in [0.1, 0.15) is 18.4 Å². The zero-order valence-corrected chi connectivity index (χ0v) is 8.67. The normalized spacial score (nSPS) is 16.0. The van der Waals surface area contributed by atoms with Gasteiger partial charge in [-0.2, -0.15) is 0 Å². The highest BCUT2D eigenvalue weighted by Crippen LogP contribution is 2.27. The van der Waals surface area contributed by atoms with Gasteiger partial charge in [-0.05, 0) is 30.5 Å². The van der Waals surface area contributed by atoms with E-state index in [9.17, 15) is 4.39 Å². The standard InChI is InChI=1S/C11H16FN3/c12-9-6-10(14)8(7-13)5-11(9)15-3-1-2-4-15/h5-6H,1-4,7,13-14H2. The van der Waals surface area contributed by atoms with Gasteiger partial charge < -0.3 is 16.4 Å². The van der Waals surface area contributed by atoms with Crippen LogP contribution < -0.4 is 16.4 Å². The summed E-state index contributed by atoms with van der Waals surface area (Å²) in [5, 5.41) is 0. The Bertz CT molecular complexity index is 359. The summed E-state index contributed by atoms with van der Waals surface area (Å²) in [5.41, 5.74) is 13.1. The Kier molecular flexibility index (Phi) is 2.77. The molecule has 0 aromatic heterocycles. The van der Waals surface area contributed by atoms with E-state index in [4.69, 9.17) is 11.5 Å². The molecular formula is C11H16FN3. The summed E-state index contributed by atoms with van der Waals surface area (Å²) >= 11 is 0. The van der Waals surface area contributed by atoms with Crippen LogP contribution in [-0.2, 0) is 6.54 Å². The van der Waals surface area contributed by atoms with E-state index < -0.39 is 0 Å². The largest absolute Gasteiger partial charge is 0.398 e. The molecule has 0 amide bonds. The fraction of sp³-hybridized carbons (Fsp3) is 0.455. The molecule has 0 bridgehead atoms. The molecule has 1 aromatic rings. The molecule has 0 radical (unpaired) electrons. The smallest absolute Gasteiger partial charge is 0.148 e. The third kappa shape index (κ3) is 1.90. The van der Waals surface area contributed by atoms with Gasteiger partial charge in [-0.15, -0.1) is 0 Å². The van der Waals surface area contributed by atoms with Crippen molar-refractivity contribution in [3.05, 3.63) is 23.5 Å². The molecule has 1 aliphatic heterocycles. The van der Waals surface area contributed by atoms with E-state index in [0.717, 1.165) is 31.5 Å². The number of nitrogens with zero attached hydrogens (tertiary/aromatic N) is 1. The predicted molar refractivity (Wildman–Crippen MR) is 60.2 cm³/mol. The first-order valence-corrected chi connectivity index (χ1v) is 5.25. The highest BCUT2D eigenvalue weighted by Gasteiger charge is 2.17. The van der Waals surface area contributed by atoms with Gasteiger partial charge in [0.05, 0.1) is 5.69 Å². The molecule has 1 aliphatic rings. The van der Waals surface area contributed by atoms with Gasteiger partial charge in [0.25, 0.3) is 0 Å². The van der Waals surface area contributed by atoms with Crippen molar-refractivity contribution in [2.24, 2.45) is 5.73 Å². The minimum absolute atomic E-state index is 0.244. The van der Waals surface area contributed by atoms with Gasteiger partial charge in [-0.25, -0.2) is 4.39 Å². The van der Waals surface area contributed by atoms with Crippen molar-refractivity contribution in [1.29, 1.82) is 0 Å². The molecule has 15 heavy (non-hydrogen) atoms. The zero-order chi connectivity index (χ0) is 10.8. The Hall–Kier alpha value is -1.29. The topological polar surface area (TPSA) is 55.3 Å². The van der Waals surface area contributed by atoms with Crippen LogP contribution in [0.15, 0.2) is 12.1 Å². The zero-order valence-electron chi connectivity index (χ0n) is 8.67. The predicted octanol–water partition coefficient (Wildman–Crippen LogP) is 1.47. The Morgan fingerprint density at radius 1 is 1.27 bits per heavy atom. The average molecular weight is 209 g/mol. The van der Waals surface area contributed by atoms with Gasteiger partial charge in [0.2, 0.25) is 0 Å². The van der Waals surface area contributed by atoms with Crippen LogP contribution in [0.4, 0.5) is 15.8 Å². The molecule has 4 heteroatoms. The fourth-order valence-electron chi connectivity index (χ4n) is 2.00. The molecule has 0 unspecified atom stereocenters. The molecule has 0 spiro atoms. The van der Waals surface area contributed by atoms with Gasteiger partial charge in [-0.3, -0.25) is 0 Å². The lowest BCUT2D eigenvalue weighted by molar-refractivity contribution is 0.623. The molecule has 82 valence electrons. The van der Waals surface area contributed by atoms with E-state index in [1.807, 2.05) is 4.90 Å². The van der Waals surface area contributed by atoms with E-state index >= 15 is 0 Å². The number of halogens is 1. The first-order chi connectivity index (χ1) is 7.22. The van der Waals surface area contributed by atoms with Crippen molar-refractivity contribution < 1.29 is 4.39 Å². The first-order valence-electron chi connectivity index (χ1n) is 5.25. The third-order valence-corrected chi connectivity index (χ3v) is 2.88. The summed E-state index contributed by atoms with van der Waals surface area (Å²) in [6, 6.07) is 3.14. The van der Waals surface area contributed by atoms with Crippen LogP contribution in [0.2, 0.25) is 0 Å². The Morgan fingerprint density at radius 2 is 1.93 bits per heavy atom. The minimum Gasteiger partial charge on any atom is -0.398 e. The van der Waals surface area contributed by atoms with Crippen LogP contribution in [0, 0.1) is 5.82 Å². The summed E-state index contributed by atoms with van der Waals surface area (Å²) < 4.78 is 13.7. The maximum Gasteiger partial charge on any atom is 0.148 e. The number of benzene rings is 1. The fourth-order valence-corrected chi connectivity index (χ4v) is 2.00. The number of nitrogens with two attached hydrogens (primary N) is 2. The molecular weight excluding hydrogens is 193 g/mol. The molecule has 4 N–H and O–H groups in total. The van der Waals surface area contributed by atoms with Crippen LogP contribution in [0.5, 0.6) is 0 Å². The van der Waals surface area contributed by atoms with Gasteiger partial charge in [-0.1, -0.05) is 0 Å². The third-order valence-electron chi connectivity index (χ3n) is 2.88. The molecule has 0 atom stereocenters. The molecule has 2 rings (SSSR count). The van der Waals surface area contributed by atoms with Gasteiger partial charge in [0.15, 0.2) is 0 Å². The number of nitrogen functional groups attached to an aromatic ring is 1. The summed E-state index contributed by atoms with van der Waals surface area (Å²) in [6.07, 6.45) is 2.25. The van der Waals surface area contributed by atoms with Crippen molar-refractivity contribution >= 4 is 11.4 Å². The number of rotatable bonds is 2. The second kappa shape index (κ2) is 4.06. The molecule has 0 saturated carbocycles. The summed E-state index contributed by atoms with van der Waals surface area (Å²) in [7, 11) is 0. The van der Waals surface area contributed by atoms with Gasteiger partial charge >= 0.3 is 0 Å². The molecule has 3 nitrogen and oxygen atoms in total. The van der Waals surface area contributed by atoms with E-state index in [2.05, 4.69) is 0 Å². The van der Waals surface area contributed by atoms with Gasteiger partial charge in [0.1, 0.15) is 5.82 Å². The van der Waals surface area contributed by atoms with Crippen LogP contribution in [-0.4, -0.2) is 13.1 Å². The average Bonchev–Trinajstić information content (AvgIpc) is 2.71. The second-order valence-corrected chi connectivity index (χ2v) is 3.90. The quantitative estimate of drug-likeness (QED) is 0.725. The van der Waals surface area contributed by atoms with E-state index in [0.29, 0.717) is 17.9 Å². The van der Waals surface area contributed by atoms with Crippen molar-refractivity contribution in [2.75, 3.05) is 23.7 Å². The Labute approximate surface area is 88.9 Å². The second-order valence-electron chi connectivity index (χ2n) is 3.90.